The van der Waals surface area contributed by atoms with Gasteiger partial charge in [-0.15, -0.1) is 0 Å². The first-order valence-corrected chi connectivity index (χ1v) is 7.22. The largest absolute Gasteiger partial charge is 0.508 e. The van der Waals surface area contributed by atoms with E-state index < -0.39 is 0 Å². The SMILES string of the molecule is Cn1c2cccc(N)c2c2c(-c3ccc(O)cc3)cccc21. The lowest BCUT2D eigenvalue weighted by molar-refractivity contribution is 0.475. The molecule has 3 N–H and O–H groups in total. The molecule has 108 valence electrons. The number of nitrogens with zero attached hydrogens (tertiary/aromatic N) is 1. The fourth-order valence-electron chi connectivity index (χ4n) is 3.20. The zero-order valence-corrected chi connectivity index (χ0v) is 12.2. The van der Waals surface area contributed by atoms with E-state index in [4.69, 9.17) is 5.73 Å². The van der Waals surface area contributed by atoms with Gasteiger partial charge in [-0.1, -0.05) is 30.3 Å². The lowest BCUT2D eigenvalue weighted by Gasteiger charge is -2.06. The van der Waals surface area contributed by atoms with Crippen LogP contribution in [0.3, 0.4) is 0 Å². The third-order valence-electron chi connectivity index (χ3n) is 4.27. The molecule has 0 saturated carbocycles. The second-order valence-corrected chi connectivity index (χ2v) is 5.55. The fraction of sp³-hybridized carbons (Fsp3) is 0.0526. The summed E-state index contributed by atoms with van der Waals surface area (Å²) < 4.78 is 2.17. The zero-order chi connectivity index (χ0) is 15.3. The van der Waals surface area contributed by atoms with E-state index in [9.17, 15) is 5.11 Å². The summed E-state index contributed by atoms with van der Waals surface area (Å²) in [6.07, 6.45) is 0. The van der Waals surface area contributed by atoms with Crippen molar-refractivity contribution in [3.8, 4) is 16.9 Å². The Balaban J connectivity index is 2.18. The lowest BCUT2D eigenvalue weighted by atomic mass is 9.99. The minimum Gasteiger partial charge on any atom is -0.508 e. The van der Waals surface area contributed by atoms with Crippen molar-refractivity contribution >= 4 is 27.5 Å². The minimum atomic E-state index is 0.272. The van der Waals surface area contributed by atoms with Gasteiger partial charge in [-0.25, -0.2) is 0 Å². The molecular weight excluding hydrogens is 272 g/mol. The topological polar surface area (TPSA) is 51.2 Å². The van der Waals surface area contributed by atoms with E-state index in [1.165, 1.54) is 0 Å². The maximum atomic E-state index is 9.51. The molecular formula is C19H16N2O. The van der Waals surface area contributed by atoms with Gasteiger partial charge in [0, 0.05) is 29.0 Å². The normalized spacial score (nSPS) is 11.3. The van der Waals surface area contributed by atoms with Gasteiger partial charge >= 0.3 is 0 Å². The molecule has 4 rings (SSSR count). The molecule has 0 radical (unpaired) electrons. The monoisotopic (exact) mass is 288 g/mol. The lowest BCUT2D eigenvalue weighted by Crippen LogP contribution is -1.87. The maximum absolute atomic E-state index is 9.51. The molecule has 0 atom stereocenters. The number of aromatic nitrogens is 1. The Bertz CT molecular complexity index is 997. The van der Waals surface area contributed by atoms with Gasteiger partial charge in [-0.2, -0.15) is 0 Å². The Morgan fingerprint density at radius 2 is 1.45 bits per heavy atom. The summed E-state index contributed by atoms with van der Waals surface area (Å²) in [5, 5.41) is 11.8. The number of anilines is 1. The Morgan fingerprint density at radius 3 is 2.18 bits per heavy atom. The molecule has 0 unspecified atom stereocenters. The van der Waals surface area contributed by atoms with Crippen LogP contribution in [0.5, 0.6) is 5.75 Å². The average Bonchev–Trinajstić information content (AvgIpc) is 2.83. The highest BCUT2D eigenvalue weighted by atomic mass is 16.3. The number of phenols is 1. The van der Waals surface area contributed by atoms with Gasteiger partial charge in [-0.05, 0) is 41.5 Å². The van der Waals surface area contributed by atoms with E-state index in [-0.39, 0.29) is 5.75 Å². The van der Waals surface area contributed by atoms with Crippen molar-refractivity contribution in [1.29, 1.82) is 0 Å². The van der Waals surface area contributed by atoms with Gasteiger partial charge in [-0.3, -0.25) is 0 Å². The second kappa shape index (κ2) is 4.53. The van der Waals surface area contributed by atoms with E-state index in [0.717, 1.165) is 38.6 Å². The summed E-state index contributed by atoms with van der Waals surface area (Å²) in [6, 6.07) is 19.6. The molecule has 0 amide bonds. The summed E-state index contributed by atoms with van der Waals surface area (Å²) >= 11 is 0. The molecule has 0 spiro atoms. The molecule has 22 heavy (non-hydrogen) atoms. The third kappa shape index (κ3) is 1.69. The summed E-state index contributed by atoms with van der Waals surface area (Å²) in [5.74, 6) is 0.272. The molecule has 4 aromatic rings. The minimum absolute atomic E-state index is 0.272. The second-order valence-electron chi connectivity index (χ2n) is 5.55. The van der Waals surface area contributed by atoms with E-state index in [2.05, 4.69) is 35.9 Å². The van der Waals surface area contributed by atoms with Crippen LogP contribution >= 0.6 is 0 Å². The summed E-state index contributed by atoms with van der Waals surface area (Å²) in [7, 11) is 2.06. The van der Waals surface area contributed by atoms with Crippen LogP contribution in [-0.2, 0) is 7.05 Å². The van der Waals surface area contributed by atoms with Gasteiger partial charge in [0.15, 0.2) is 0 Å². The van der Waals surface area contributed by atoms with Crippen molar-refractivity contribution < 1.29 is 5.11 Å². The number of hydrogen-bond acceptors (Lipinski definition) is 2. The molecule has 1 heterocycles. The molecule has 3 heteroatoms. The molecule has 0 aliphatic heterocycles. The first-order valence-electron chi connectivity index (χ1n) is 7.22. The predicted molar refractivity (Wildman–Crippen MR) is 91.9 cm³/mol. The smallest absolute Gasteiger partial charge is 0.115 e. The number of fused-ring (bicyclic) bond motifs is 3. The van der Waals surface area contributed by atoms with E-state index in [1.807, 2.05) is 24.3 Å². The van der Waals surface area contributed by atoms with Crippen LogP contribution in [-0.4, -0.2) is 9.67 Å². The zero-order valence-electron chi connectivity index (χ0n) is 12.2. The van der Waals surface area contributed by atoms with Crippen molar-refractivity contribution in [2.45, 2.75) is 0 Å². The molecule has 0 aliphatic rings. The molecule has 0 fully saturated rings. The molecule has 3 nitrogen and oxygen atoms in total. The standard InChI is InChI=1S/C19H16N2O/c1-21-16-6-2-4-14(12-8-10-13(22)11-9-12)18(16)19-15(20)5-3-7-17(19)21/h2-11,22H,20H2,1H3. The summed E-state index contributed by atoms with van der Waals surface area (Å²) in [6.45, 7) is 0. The van der Waals surface area contributed by atoms with E-state index in [1.54, 1.807) is 12.1 Å². The van der Waals surface area contributed by atoms with Gasteiger partial charge in [0.1, 0.15) is 5.75 Å². The molecule has 0 saturated heterocycles. The number of nitrogens with two attached hydrogens (primary N) is 1. The van der Waals surface area contributed by atoms with Crippen molar-refractivity contribution in [2.75, 3.05) is 5.73 Å². The number of nitrogen functional groups attached to an aromatic ring is 1. The molecule has 0 aliphatic carbocycles. The van der Waals surface area contributed by atoms with Crippen molar-refractivity contribution in [3.05, 3.63) is 60.7 Å². The van der Waals surface area contributed by atoms with Crippen LogP contribution in [0.1, 0.15) is 0 Å². The molecule has 3 aromatic carbocycles. The predicted octanol–water partition coefficient (Wildman–Crippen LogP) is 4.29. The number of phenolic OH excluding ortho intramolecular Hbond substituents is 1. The molecule has 0 bridgehead atoms. The van der Waals surface area contributed by atoms with Gasteiger partial charge in [0.05, 0.1) is 5.52 Å². The van der Waals surface area contributed by atoms with Crippen molar-refractivity contribution in [2.24, 2.45) is 7.05 Å². The number of benzene rings is 3. The van der Waals surface area contributed by atoms with Crippen LogP contribution in [0.15, 0.2) is 60.7 Å². The summed E-state index contributed by atoms with van der Waals surface area (Å²) in [5.41, 5.74) is 11.5. The quantitative estimate of drug-likeness (QED) is 0.513. The van der Waals surface area contributed by atoms with Crippen LogP contribution in [0.4, 0.5) is 5.69 Å². The fourth-order valence-corrected chi connectivity index (χ4v) is 3.20. The van der Waals surface area contributed by atoms with E-state index in [0.29, 0.717) is 0 Å². The van der Waals surface area contributed by atoms with Crippen LogP contribution in [0, 0.1) is 0 Å². The highest BCUT2D eigenvalue weighted by Gasteiger charge is 2.14. The van der Waals surface area contributed by atoms with E-state index >= 15 is 0 Å². The van der Waals surface area contributed by atoms with Crippen molar-refractivity contribution in [1.82, 2.24) is 4.57 Å². The van der Waals surface area contributed by atoms with Crippen LogP contribution in [0.2, 0.25) is 0 Å². The van der Waals surface area contributed by atoms with Crippen molar-refractivity contribution in [3.63, 3.8) is 0 Å². The van der Waals surface area contributed by atoms with Gasteiger partial charge < -0.3 is 15.4 Å². The highest BCUT2D eigenvalue weighted by molar-refractivity contribution is 6.18. The average molecular weight is 288 g/mol. The maximum Gasteiger partial charge on any atom is 0.115 e. The Hall–Kier alpha value is -2.94. The first kappa shape index (κ1) is 12.8. The van der Waals surface area contributed by atoms with Crippen LogP contribution in [0.25, 0.3) is 32.9 Å². The Labute approximate surface area is 128 Å². The summed E-state index contributed by atoms with van der Waals surface area (Å²) in [4.78, 5) is 0. The number of aryl methyl sites for hydroxylation is 1. The van der Waals surface area contributed by atoms with Gasteiger partial charge in [0.25, 0.3) is 0 Å². The third-order valence-corrected chi connectivity index (χ3v) is 4.27. The molecule has 1 aromatic heterocycles. The van der Waals surface area contributed by atoms with Gasteiger partial charge in [0.2, 0.25) is 0 Å². The Morgan fingerprint density at radius 1 is 0.818 bits per heavy atom. The first-order chi connectivity index (χ1) is 10.7. The number of rotatable bonds is 1. The van der Waals surface area contributed by atoms with Crippen LogP contribution < -0.4 is 5.73 Å². The number of hydrogen-bond donors (Lipinski definition) is 2. The highest BCUT2D eigenvalue weighted by Crippen LogP contribution is 2.38. The number of aromatic hydroxyl groups is 1. The Kier molecular flexibility index (Phi) is 2.63.